The van der Waals surface area contributed by atoms with Crippen LogP contribution in [0.25, 0.3) is 0 Å². The maximum atomic E-state index is 11.8. The minimum absolute atomic E-state index is 0.241. The van der Waals surface area contributed by atoms with Gasteiger partial charge in [0.15, 0.2) is 0 Å². The predicted octanol–water partition coefficient (Wildman–Crippen LogP) is 3.47. The molecule has 2 unspecified atom stereocenters. The van der Waals surface area contributed by atoms with Gasteiger partial charge in [-0.2, -0.15) is 0 Å². The lowest BCUT2D eigenvalue weighted by Gasteiger charge is -2.23. The molecule has 0 radical (unpaired) electrons. The molecule has 3 rings (SSSR count). The van der Waals surface area contributed by atoms with Gasteiger partial charge in [0.25, 0.3) is 0 Å². The highest BCUT2D eigenvalue weighted by Gasteiger charge is 2.25. The number of rotatable bonds is 12. The summed E-state index contributed by atoms with van der Waals surface area (Å²) in [5.74, 6) is 0.308. The Kier molecular flexibility index (Phi) is 9.89. The molecule has 0 spiro atoms. The zero-order chi connectivity index (χ0) is 26.9. The molecule has 0 aliphatic carbocycles. The van der Waals surface area contributed by atoms with E-state index >= 15 is 0 Å². The van der Waals surface area contributed by atoms with E-state index in [1.165, 1.54) is 18.3 Å². The second-order valence-corrected chi connectivity index (χ2v) is 9.55. The number of aliphatic hydroxyl groups is 2. The van der Waals surface area contributed by atoms with Crippen molar-refractivity contribution < 1.29 is 24.4 Å². The van der Waals surface area contributed by atoms with Crippen LogP contribution < -0.4 is 25.0 Å². The molecule has 0 saturated heterocycles. The molecule has 1 aromatic heterocycles. The van der Waals surface area contributed by atoms with Gasteiger partial charge in [-0.3, -0.25) is 4.79 Å². The summed E-state index contributed by atoms with van der Waals surface area (Å²) in [5.41, 5.74) is 2.61. The molecule has 11 nitrogen and oxygen atoms in total. The topological polar surface area (TPSA) is 136 Å². The van der Waals surface area contributed by atoms with Gasteiger partial charge in [0.1, 0.15) is 18.0 Å². The summed E-state index contributed by atoms with van der Waals surface area (Å²) in [4.78, 5) is 13.6. The molecule has 2 atom stereocenters. The van der Waals surface area contributed by atoms with Crippen molar-refractivity contribution in [3.05, 3.63) is 48.0 Å². The molecule has 12 heteroatoms. The number of aliphatic hydroxyl groups excluding tert-OH is 2. The number of azo groups is 1. The Balaban J connectivity index is 2.06. The van der Waals surface area contributed by atoms with Crippen molar-refractivity contribution in [1.82, 2.24) is 5.10 Å². The summed E-state index contributed by atoms with van der Waals surface area (Å²) in [6, 6.07) is 13.3. The van der Waals surface area contributed by atoms with E-state index < -0.39 is 12.2 Å². The van der Waals surface area contributed by atoms with Crippen LogP contribution in [0.1, 0.15) is 26.3 Å². The number of ether oxygens (including phenoxy) is 1. The Morgan fingerprint density at radius 2 is 1.81 bits per heavy atom. The van der Waals surface area contributed by atoms with Crippen molar-refractivity contribution in [1.29, 1.82) is 0 Å². The maximum absolute atomic E-state index is 11.8. The summed E-state index contributed by atoms with van der Waals surface area (Å²) >= 11 is 1.29. The first-order valence-corrected chi connectivity index (χ1v) is 12.7. The first-order valence-electron chi connectivity index (χ1n) is 11.8. The maximum Gasteiger partial charge on any atom is 0.432 e. The van der Waals surface area contributed by atoms with Crippen LogP contribution in [0.4, 0.5) is 27.3 Å². The molecule has 4 N–H and O–H groups in total. The van der Waals surface area contributed by atoms with Gasteiger partial charge in [-0.15, -0.1) is 4.68 Å². The monoisotopic (exact) mass is 528 g/mol. The molecular weight excluding hydrogens is 494 g/mol. The number of benzene rings is 2. The number of nitrogens with zero attached hydrogens (tertiary/aromatic N) is 5. The lowest BCUT2D eigenvalue weighted by Crippen LogP contribution is -2.40. The third-order valence-corrected chi connectivity index (χ3v) is 6.16. The fourth-order valence-corrected chi connectivity index (χ4v) is 4.50. The number of hydrogen-bond acceptors (Lipinski definition) is 10. The van der Waals surface area contributed by atoms with Gasteiger partial charge in [0.05, 0.1) is 35.8 Å². The van der Waals surface area contributed by atoms with Gasteiger partial charge in [0, 0.05) is 33.1 Å². The number of anilines is 3. The van der Waals surface area contributed by atoms with E-state index in [1.807, 2.05) is 35.2 Å². The standard InChI is InChI=1S/C25H33N7O4S/c1-16(33)13-31(14-17(2)34)25-30-32(15-19-9-7-6-8-10-19)24(37-25)29-28-21-12-23(36-5)22(26-4)11-20(21)27-18(3)35/h6-12,16-17,33-34H,13-15H2,1-5H3,(H,26,27,35)/p+1. The molecule has 0 aliphatic heterocycles. The number of carbonyl (C=O) groups is 1. The van der Waals surface area contributed by atoms with Gasteiger partial charge in [0.2, 0.25) is 11.0 Å². The molecule has 0 bridgehead atoms. The quantitative estimate of drug-likeness (QED) is 0.209. The Morgan fingerprint density at radius 1 is 1.14 bits per heavy atom. The Morgan fingerprint density at radius 3 is 2.38 bits per heavy atom. The fraction of sp³-hybridized carbons (Fsp3) is 0.400. The summed E-state index contributed by atoms with van der Waals surface area (Å²) < 4.78 is 7.18. The highest BCUT2D eigenvalue weighted by molar-refractivity contribution is 7.18. The van der Waals surface area contributed by atoms with E-state index in [9.17, 15) is 15.0 Å². The zero-order valence-corrected chi connectivity index (χ0v) is 22.5. The van der Waals surface area contributed by atoms with E-state index in [4.69, 9.17) is 9.84 Å². The van der Waals surface area contributed by atoms with E-state index in [0.29, 0.717) is 52.7 Å². The van der Waals surface area contributed by atoms with E-state index in [0.717, 1.165) is 5.56 Å². The number of nitrogens with one attached hydrogen (secondary N) is 2. The van der Waals surface area contributed by atoms with Gasteiger partial charge < -0.3 is 30.5 Å². The number of aromatic nitrogens is 2. The van der Waals surface area contributed by atoms with Gasteiger partial charge >= 0.3 is 5.13 Å². The van der Waals surface area contributed by atoms with Crippen molar-refractivity contribution in [2.75, 3.05) is 42.8 Å². The molecule has 0 fully saturated rings. The van der Waals surface area contributed by atoms with Crippen LogP contribution in [0.5, 0.6) is 5.75 Å². The SMILES string of the molecule is CNc1cc(NC(C)=O)c(N=Nc2sc(N(CC(C)O)CC(C)O)n[n+]2Cc2ccccc2)cc1OC. The van der Waals surface area contributed by atoms with E-state index in [2.05, 4.69) is 20.9 Å². The molecule has 2 aromatic carbocycles. The Hall–Kier alpha value is -3.61. The summed E-state index contributed by atoms with van der Waals surface area (Å²) in [6.45, 7) is 5.85. The second kappa shape index (κ2) is 13.1. The molecule has 3 aromatic rings. The normalized spacial score (nSPS) is 12.8. The second-order valence-electron chi connectivity index (χ2n) is 8.61. The van der Waals surface area contributed by atoms with Crippen molar-refractivity contribution in [3.63, 3.8) is 0 Å². The fourth-order valence-electron chi connectivity index (χ4n) is 3.63. The smallest absolute Gasteiger partial charge is 0.432 e. The molecule has 198 valence electrons. The minimum atomic E-state index is -0.617. The molecule has 0 saturated carbocycles. The van der Waals surface area contributed by atoms with Gasteiger partial charge in [-0.1, -0.05) is 35.4 Å². The number of methoxy groups -OCH3 is 1. The molecule has 1 heterocycles. The predicted molar refractivity (Wildman–Crippen MR) is 144 cm³/mol. The van der Waals surface area contributed by atoms with Crippen LogP contribution in [0.2, 0.25) is 0 Å². The zero-order valence-electron chi connectivity index (χ0n) is 21.7. The Labute approximate surface area is 220 Å². The van der Waals surface area contributed by atoms with Gasteiger partial charge in [-0.25, -0.2) is 0 Å². The highest BCUT2D eigenvalue weighted by Crippen LogP contribution is 2.38. The van der Waals surface area contributed by atoms with Crippen molar-refractivity contribution in [3.8, 4) is 5.75 Å². The lowest BCUT2D eigenvalue weighted by atomic mass is 10.2. The molecule has 1 amide bonds. The van der Waals surface area contributed by atoms with Crippen LogP contribution in [-0.2, 0) is 11.3 Å². The highest BCUT2D eigenvalue weighted by atomic mass is 32.1. The average molecular weight is 529 g/mol. The lowest BCUT2D eigenvalue weighted by molar-refractivity contribution is -0.728. The summed E-state index contributed by atoms with van der Waals surface area (Å²) in [5, 5.41) is 40.6. The van der Waals surface area contributed by atoms with Crippen molar-refractivity contribution in [2.45, 2.75) is 39.5 Å². The largest absolute Gasteiger partial charge is 0.495 e. The van der Waals surface area contributed by atoms with Crippen LogP contribution in [-0.4, -0.2) is 60.7 Å². The van der Waals surface area contributed by atoms with Crippen LogP contribution in [0.3, 0.4) is 0 Å². The molecule has 37 heavy (non-hydrogen) atoms. The number of carbonyl (C=O) groups excluding carboxylic acids is 1. The van der Waals surface area contributed by atoms with Crippen LogP contribution in [0.15, 0.2) is 52.7 Å². The third-order valence-electron chi connectivity index (χ3n) is 5.17. The van der Waals surface area contributed by atoms with Crippen LogP contribution >= 0.6 is 11.3 Å². The van der Waals surface area contributed by atoms with Crippen molar-refractivity contribution >= 4 is 44.6 Å². The number of amides is 1. The third kappa shape index (κ3) is 7.94. The summed E-state index contributed by atoms with van der Waals surface area (Å²) in [6.07, 6.45) is -1.23. The Bertz CT molecular complexity index is 1210. The van der Waals surface area contributed by atoms with Gasteiger partial charge in [-0.05, 0) is 41.9 Å². The number of hydrogen-bond donors (Lipinski definition) is 4. The van der Waals surface area contributed by atoms with E-state index in [-0.39, 0.29) is 5.91 Å². The molecule has 0 aliphatic rings. The van der Waals surface area contributed by atoms with Crippen LogP contribution in [0, 0.1) is 0 Å². The summed E-state index contributed by atoms with van der Waals surface area (Å²) in [7, 11) is 3.31. The molecular formula is C25H34N7O4S+. The first-order chi connectivity index (χ1) is 17.7. The van der Waals surface area contributed by atoms with Crippen molar-refractivity contribution in [2.24, 2.45) is 10.2 Å². The first kappa shape index (κ1) is 28.0. The average Bonchev–Trinajstić information content (AvgIpc) is 3.24. The van der Waals surface area contributed by atoms with E-state index in [1.54, 1.807) is 44.8 Å². The minimum Gasteiger partial charge on any atom is -0.495 e.